The highest BCUT2D eigenvalue weighted by Gasteiger charge is 2.39. The number of benzene rings is 1. The van der Waals surface area contributed by atoms with Gasteiger partial charge in [0.05, 0.1) is 0 Å². The number of rotatable bonds is 6. The Balaban J connectivity index is 2.99. The van der Waals surface area contributed by atoms with Crippen molar-refractivity contribution in [2.75, 3.05) is 12.0 Å². The third kappa shape index (κ3) is 3.08. The zero-order chi connectivity index (χ0) is 12.9. The number of carbonyl (C=O) groups excluding carboxylic acids is 2. The maximum absolute atomic E-state index is 12.2. The van der Waals surface area contributed by atoms with Gasteiger partial charge in [-0.25, -0.2) is 0 Å². The smallest absolute Gasteiger partial charge is 0.245 e. The van der Waals surface area contributed by atoms with Crippen molar-refractivity contribution >= 4 is 23.5 Å². The molecule has 1 amide bonds. The first-order chi connectivity index (χ1) is 8.02. The molecule has 4 N–H and O–H groups in total. The van der Waals surface area contributed by atoms with E-state index < -0.39 is 17.2 Å². The summed E-state index contributed by atoms with van der Waals surface area (Å²) in [4.78, 5) is 23.6. The second-order valence-corrected chi connectivity index (χ2v) is 4.76. The van der Waals surface area contributed by atoms with Crippen LogP contribution in [-0.2, 0) is 4.79 Å². The lowest BCUT2D eigenvalue weighted by Crippen LogP contribution is -2.58. The molecule has 1 aromatic rings. The molecule has 0 aliphatic rings. The van der Waals surface area contributed by atoms with Crippen molar-refractivity contribution in [3.8, 4) is 0 Å². The highest BCUT2D eigenvalue weighted by molar-refractivity contribution is 7.98. The van der Waals surface area contributed by atoms with Gasteiger partial charge < -0.3 is 11.5 Å². The lowest BCUT2D eigenvalue weighted by molar-refractivity contribution is -0.121. The maximum Gasteiger partial charge on any atom is 0.245 e. The Morgan fingerprint density at radius 3 is 2.35 bits per heavy atom. The zero-order valence-electron chi connectivity index (χ0n) is 9.68. The largest absolute Gasteiger partial charge is 0.368 e. The summed E-state index contributed by atoms with van der Waals surface area (Å²) in [5.74, 6) is -0.585. The van der Waals surface area contributed by atoms with Crippen molar-refractivity contribution < 1.29 is 9.59 Å². The van der Waals surface area contributed by atoms with Crippen molar-refractivity contribution in [3.05, 3.63) is 35.9 Å². The van der Waals surface area contributed by atoms with Gasteiger partial charge in [0.2, 0.25) is 5.91 Å². The molecule has 4 nitrogen and oxygen atoms in total. The van der Waals surface area contributed by atoms with Gasteiger partial charge in [-0.1, -0.05) is 30.3 Å². The minimum Gasteiger partial charge on any atom is -0.368 e. The molecule has 0 bridgehead atoms. The van der Waals surface area contributed by atoms with Crippen molar-refractivity contribution in [2.45, 2.75) is 12.0 Å². The molecule has 1 rings (SSSR count). The molecule has 1 aromatic carbocycles. The molecule has 0 saturated heterocycles. The van der Waals surface area contributed by atoms with Gasteiger partial charge in [0.1, 0.15) is 0 Å². The van der Waals surface area contributed by atoms with Crippen molar-refractivity contribution in [3.63, 3.8) is 0 Å². The molecular formula is C12H16N2O2S. The third-order valence-electron chi connectivity index (χ3n) is 2.58. The molecule has 1 atom stereocenters. The fraction of sp³-hybridized carbons (Fsp3) is 0.333. The zero-order valence-corrected chi connectivity index (χ0v) is 10.5. The van der Waals surface area contributed by atoms with Crippen LogP contribution in [0, 0.1) is 0 Å². The molecular weight excluding hydrogens is 236 g/mol. The van der Waals surface area contributed by atoms with Crippen LogP contribution in [0.15, 0.2) is 30.3 Å². The van der Waals surface area contributed by atoms with E-state index in [-0.39, 0.29) is 6.42 Å². The van der Waals surface area contributed by atoms with E-state index >= 15 is 0 Å². The quantitative estimate of drug-likeness (QED) is 0.579. The van der Waals surface area contributed by atoms with Crippen molar-refractivity contribution in [1.29, 1.82) is 0 Å². The molecule has 17 heavy (non-hydrogen) atoms. The highest BCUT2D eigenvalue weighted by atomic mass is 32.2. The molecule has 5 heteroatoms. The third-order valence-corrected chi connectivity index (χ3v) is 3.19. The maximum atomic E-state index is 12.2. The summed E-state index contributed by atoms with van der Waals surface area (Å²) in [5.41, 5.74) is 9.93. The Hall–Kier alpha value is -1.33. The van der Waals surface area contributed by atoms with Crippen LogP contribution in [-0.4, -0.2) is 29.2 Å². The van der Waals surface area contributed by atoms with Gasteiger partial charge in [-0.05, 0) is 18.4 Å². The topological polar surface area (TPSA) is 86.2 Å². The average molecular weight is 252 g/mol. The van der Waals surface area contributed by atoms with Gasteiger partial charge in [-0.2, -0.15) is 11.8 Å². The molecule has 0 aliphatic carbocycles. The number of Topliss-reactive ketones (excluding diaryl/α,β-unsaturated/α-hetero) is 1. The Bertz CT molecular complexity index is 408. The van der Waals surface area contributed by atoms with E-state index in [0.717, 1.165) is 0 Å². The van der Waals surface area contributed by atoms with Gasteiger partial charge in [0.25, 0.3) is 0 Å². The van der Waals surface area contributed by atoms with E-state index in [1.165, 1.54) is 11.8 Å². The molecule has 0 spiro atoms. The number of hydrogen-bond acceptors (Lipinski definition) is 4. The van der Waals surface area contributed by atoms with Crippen LogP contribution in [0.4, 0.5) is 0 Å². The molecule has 92 valence electrons. The van der Waals surface area contributed by atoms with E-state index in [1.807, 2.05) is 6.26 Å². The second-order valence-electron chi connectivity index (χ2n) is 3.77. The van der Waals surface area contributed by atoms with Gasteiger partial charge in [0, 0.05) is 5.56 Å². The molecule has 0 aromatic heterocycles. The number of ketones is 1. The monoisotopic (exact) mass is 252 g/mol. The number of carbonyl (C=O) groups is 2. The van der Waals surface area contributed by atoms with E-state index in [2.05, 4.69) is 0 Å². The minimum atomic E-state index is -1.61. The van der Waals surface area contributed by atoms with Gasteiger partial charge >= 0.3 is 0 Å². The summed E-state index contributed by atoms with van der Waals surface area (Å²) in [6.45, 7) is 0. The first kappa shape index (κ1) is 13.7. The first-order valence-electron chi connectivity index (χ1n) is 5.20. The van der Waals surface area contributed by atoms with Crippen molar-refractivity contribution in [1.82, 2.24) is 0 Å². The molecule has 0 saturated carbocycles. The van der Waals surface area contributed by atoms with Crippen LogP contribution in [0.25, 0.3) is 0 Å². The molecule has 0 fully saturated rings. The second kappa shape index (κ2) is 5.84. The van der Waals surface area contributed by atoms with E-state index in [4.69, 9.17) is 11.5 Å². The summed E-state index contributed by atoms with van der Waals surface area (Å²) >= 11 is 1.52. The molecule has 0 aliphatic heterocycles. The van der Waals surface area contributed by atoms with Crippen LogP contribution < -0.4 is 11.5 Å². The van der Waals surface area contributed by atoms with Crippen LogP contribution >= 0.6 is 11.8 Å². The van der Waals surface area contributed by atoms with Crippen molar-refractivity contribution in [2.24, 2.45) is 11.5 Å². The van der Waals surface area contributed by atoms with Crippen LogP contribution in [0.1, 0.15) is 16.8 Å². The van der Waals surface area contributed by atoms with Gasteiger partial charge in [-0.15, -0.1) is 0 Å². The Morgan fingerprint density at radius 1 is 1.29 bits per heavy atom. The lowest BCUT2D eigenvalue weighted by Gasteiger charge is -2.24. The number of primary amides is 1. The van der Waals surface area contributed by atoms with Gasteiger partial charge in [0.15, 0.2) is 11.3 Å². The average Bonchev–Trinajstić information content (AvgIpc) is 2.35. The summed E-state index contributed by atoms with van der Waals surface area (Å²) in [5, 5.41) is 0. The molecule has 1 unspecified atom stereocenters. The standard InChI is InChI=1S/C12H16N2O2S/c1-17-8-7-12(14,11(13)16)10(15)9-5-3-2-4-6-9/h2-6H,7-8,14H2,1H3,(H2,13,16). The molecule has 0 radical (unpaired) electrons. The SMILES string of the molecule is CSCCC(N)(C(N)=O)C(=O)c1ccccc1. The van der Waals surface area contributed by atoms with Crippen LogP contribution in [0.3, 0.4) is 0 Å². The number of amides is 1. The van der Waals surface area contributed by atoms with Crippen LogP contribution in [0.5, 0.6) is 0 Å². The predicted octanol–water partition coefficient (Wildman–Crippen LogP) is 0.805. The Kier molecular flexibility index (Phi) is 4.72. The number of nitrogens with two attached hydrogens (primary N) is 2. The summed E-state index contributed by atoms with van der Waals surface area (Å²) in [6, 6.07) is 8.51. The van der Waals surface area contributed by atoms with Gasteiger partial charge in [-0.3, -0.25) is 9.59 Å². The summed E-state index contributed by atoms with van der Waals surface area (Å²) < 4.78 is 0. The summed E-state index contributed by atoms with van der Waals surface area (Å²) in [7, 11) is 0. The fourth-order valence-corrected chi connectivity index (χ4v) is 1.98. The number of thioether (sulfide) groups is 1. The Labute approximate surface area is 105 Å². The summed E-state index contributed by atoms with van der Waals surface area (Å²) in [6.07, 6.45) is 2.13. The molecule has 0 heterocycles. The van der Waals surface area contributed by atoms with E-state index in [1.54, 1.807) is 30.3 Å². The fourth-order valence-electron chi connectivity index (χ4n) is 1.46. The van der Waals surface area contributed by atoms with E-state index in [9.17, 15) is 9.59 Å². The number of hydrogen-bond donors (Lipinski definition) is 2. The minimum absolute atomic E-state index is 0.247. The lowest BCUT2D eigenvalue weighted by atomic mass is 9.87. The predicted molar refractivity (Wildman–Crippen MR) is 69.9 cm³/mol. The van der Waals surface area contributed by atoms with E-state index in [0.29, 0.717) is 11.3 Å². The first-order valence-corrected chi connectivity index (χ1v) is 6.59. The normalized spacial score (nSPS) is 14.0. The van der Waals surface area contributed by atoms with Crippen LogP contribution in [0.2, 0.25) is 0 Å². The Morgan fingerprint density at radius 2 is 1.88 bits per heavy atom. The highest BCUT2D eigenvalue weighted by Crippen LogP contribution is 2.17.